The summed E-state index contributed by atoms with van der Waals surface area (Å²) in [5, 5.41) is 8.70. The zero-order chi connectivity index (χ0) is 16.3. The molecule has 0 aromatic carbocycles. The number of unbranched alkanes of at least 4 members (excludes halogenated alkanes) is 3. The summed E-state index contributed by atoms with van der Waals surface area (Å²) in [6, 6.07) is 3.72. The molecule has 0 fully saturated rings. The first-order valence-corrected chi connectivity index (χ1v) is 7.67. The number of aryl methyl sites for hydroxylation is 1. The summed E-state index contributed by atoms with van der Waals surface area (Å²) in [4.78, 5) is 13.5. The van der Waals surface area contributed by atoms with Crippen molar-refractivity contribution in [2.24, 2.45) is 10.7 Å². The van der Waals surface area contributed by atoms with Crippen molar-refractivity contribution >= 4 is 11.6 Å². The van der Waals surface area contributed by atoms with Crippen molar-refractivity contribution in [2.75, 3.05) is 11.4 Å². The molecule has 0 unspecified atom stereocenters. The van der Waals surface area contributed by atoms with Gasteiger partial charge in [-0.05, 0) is 25.0 Å². The number of nitriles is 1. The van der Waals surface area contributed by atoms with Crippen LogP contribution in [-0.2, 0) is 6.54 Å². The molecule has 120 valence electrons. The first-order chi connectivity index (χ1) is 11.3. The number of guanidine groups is 1. The van der Waals surface area contributed by atoms with Crippen molar-refractivity contribution in [1.29, 1.82) is 5.26 Å². The maximum absolute atomic E-state index is 8.70. The fraction of sp³-hybridized carbons (Fsp3) is 0.375. The molecule has 2 N–H and O–H groups in total. The summed E-state index contributed by atoms with van der Waals surface area (Å²) < 4.78 is 2.08. The second-order valence-corrected chi connectivity index (χ2v) is 5.14. The summed E-state index contributed by atoms with van der Waals surface area (Å²) in [6.07, 6.45) is 15.1. The minimum atomic E-state index is 0.220. The van der Waals surface area contributed by atoms with E-state index in [9.17, 15) is 0 Å². The quantitative estimate of drug-likeness (QED) is 0.349. The molecule has 7 heteroatoms. The van der Waals surface area contributed by atoms with Gasteiger partial charge in [0.15, 0.2) is 0 Å². The van der Waals surface area contributed by atoms with Crippen LogP contribution in [0.2, 0.25) is 0 Å². The molecule has 2 rings (SSSR count). The minimum absolute atomic E-state index is 0.220. The number of nitrogens with zero attached hydrogens (tertiary/aromatic N) is 6. The molecule has 0 radical (unpaired) electrons. The summed E-state index contributed by atoms with van der Waals surface area (Å²) >= 11 is 0. The number of aliphatic imine (C=N–C) groups is 1. The number of anilines is 1. The van der Waals surface area contributed by atoms with E-state index >= 15 is 0 Å². The number of aromatic nitrogens is 3. The molecular formula is C16H21N7. The zero-order valence-electron chi connectivity index (χ0n) is 13.0. The Balaban J connectivity index is 1.77. The molecule has 2 aromatic rings. The van der Waals surface area contributed by atoms with Crippen LogP contribution in [0.4, 0.5) is 5.69 Å². The number of nitrogens with two attached hydrogens (primary N) is 1. The highest BCUT2D eigenvalue weighted by Gasteiger charge is 2.10. The highest BCUT2D eigenvalue weighted by Crippen LogP contribution is 2.14. The van der Waals surface area contributed by atoms with E-state index in [0.29, 0.717) is 0 Å². The molecule has 7 nitrogen and oxygen atoms in total. The van der Waals surface area contributed by atoms with Crippen LogP contribution in [-0.4, -0.2) is 27.0 Å². The fourth-order valence-corrected chi connectivity index (χ4v) is 2.35. The van der Waals surface area contributed by atoms with Crippen LogP contribution >= 0.6 is 0 Å². The molecule has 2 aromatic heterocycles. The lowest BCUT2D eigenvalue weighted by atomic mass is 10.2. The zero-order valence-corrected chi connectivity index (χ0v) is 13.0. The highest BCUT2D eigenvalue weighted by atomic mass is 15.3. The second-order valence-electron chi connectivity index (χ2n) is 5.14. The largest absolute Gasteiger partial charge is 0.369 e. The van der Waals surface area contributed by atoms with Crippen molar-refractivity contribution in [1.82, 2.24) is 14.5 Å². The summed E-state index contributed by atoms with van der Waals surface area (Å²) in [5.41, 5.74) is 6.79. The van der Waals surface area contributed by atoms with E-state index in [1.54, 1.807) is 24.8 Å². The molecule has 0 aliphatic carbocycles. The average Bonchev–Trinajstić information content (AvgIpc) is 3.08. The van der Waals surface area contributed by atoms with E-state index in [2.05, 4.69) is 19.5 Å². The Bertz CT molecular complexity index is 628. The van der Waals surface area contributed by atoms with Gasteiger partial charge in [0.2, 0.25) is 12.2 Å². The van der Waals surface area contributed by atoms with Crippen LogP contribution in [0.3, 0.4) is 0 Å². The Hall–Kier alpha value is -2.88. The summed E-state index contributed by atoms with van der Waals surface area (Å²) in [7, 11) is 0. The van der Waals surface area contributed by atoms with Crippen molar-refractivity contribution in [2.45, 2.75) is 32.2 Å². The van der Waals surface area contributed by atoms with Crippen molar-refractivity contribution < 1.29 is 0 Å². The van der Waals surface area contributed by atoms with E-state index in [0.717, 1.165) is 44.5 Å². The van der Waals surface area contributed by atoms with Gasteiger partial charge in [0, 0.05) is 43.6 Å². The van der Waals surface area contributed by atoms with E-state index in [-0.39, 0.29) is 5.96 Å². The van der Waals surface area contributed by atoms with Gasteiger partial charge < -0.3 is 15.2 Å². The first kappa shape index (κ1) is 16.5. The summed E-state index contributed by atoms with van der Waals surface area (Å²) in [6.45, 7) is 1.72. The van der Waals surface area contributed by atoms with E-state index < -0.39 is 0 Å². The third-order valence-electron chi connectivity index (χ3n) is 3.52. The average molecular weight is 311 g/mol. The molecule has 0 spiro atoms. The molecule has 23 heavy (non-hydrogen) atoms. The lowest BCUT2D eigenvalue weighted by Gasteiger charge is -2.22. The topological polar surface area (TPSA) is 96.1 Å². The van der Waals surface area contributed by atoms with Crippen molar-refractivity contribution in [3.05, 3.63) is 43.2 Å². The van der Waals surface area contributed by atoms with Gasteiger partial charge in [-0.2, -0.15) is 5.26 Å². The van der Waals surface area contributed by atoms with Gasteiger partial charge in [-0.1, -0.05) is 12.8 Å². The molecule has 2 heterocycles. The maximum atomic E-state index is 8.70. The second kappa shape index (κ2) is 9.20. The predicted molar refractivity (Wildman–Crippen MR) is 89.5 cm³/mol. The van der Waals surface area contributed by atoms with Gasteiger partial charge in [-0.3, -0.25) is 4.98 Å². The minimum Gasteiger partial charge on any atom is -0.369 e. The molecule has 0 atom stereocenters. The first-order valence-electron chi connectivity index (χ1n) is 7.67. The van der Waals surface area contributed by atoms with Crippen LogP contribution in [0, 0.1) is 11.5 Å². The number of imidazole rings is 1. The number of hydrogen-bond acceptors (Lipinski definition) is 4. The number of pyridine rings is 1. The van der Waals surface area contributed by atoms with Crippen molar-refractivity contribution in [3.63, 3.8) is 0 Å². The van der Waals surface area contributed by atoms with Gasteiger partial charge in [0.1, 0.15) is 0 Å². The van der Waals surface area contributed by atoms with Crippen LogP contribution in [0.1, 0.15) is 25.7 Å². The number of hydrogen-bond donors (Lipinski definition) is 1. The van der Waals surface area contributed by atoms with Gasteiger partial charge in [0.05, 0.1) is 6.33 Å². The fourth-order valence-electron chi connectivity index (χ4n) is 2.35. The van der Waals surface area contributed by atoms with Crippen LogP contribution in [0.25, 0.3) is 0 Å². The lowest BCUT2D eigenvalue weighted by Crippen LogP contribution is -2.38. The maximum Gasteiger partial charge on any atom is 0.211 e. The van der Waals surface area contributed by atoms with Gasteiger partial charge >= 0.3 is 0 Å². The smallest absolute Gasteiger partial charge is 0.211 e. The molecule has 0 saturated carbocycles. The Morgan fingerprint density at radius 1 is 1.17 bits per heavy atom. The predicted octanol–water partition coefficient (Wildman–Crippen LogP) is 2.14. The van der Waals surface area contributed by atoms with E-state index in [4.69, 9.17) is 11.0 Å². The van der Waals surface area contributed by atoms with Crippen LogP contribution in [0.15, 0.2) is 48.2 Å². The Labute approximate surface area is 136 Å². The van der Waals surface area contributed by atoms with Crippen LogP contribution in [0.5, 0.6) is 0 Å². The Morgan fingerprint density at radius 3 is 2.65 bits per heavy atom. The third kappa shape index (κ3) is 5.43. The SMILES string of the molecule is N#CN=C(N)N(CCCCCCn1ccnc1)c1ccncc1. The normalized spacial score (nSPS) is 11.2. The Kier molecular flexibility index (Phi) is 6.60. The molecule has 0 aliphatic heterocycles. The van der Waals surface area contributed by atoms with Crippen LogP contribution < -0.4 is 10.6 Å². The third-order valence-corrected chi connectivity index (χ3v) is 3.52. The highest BCUT2D eigenvalue weighted by molar-refractivity contribution is 5.95. The van der Waals surface area contributed by atoms with E-state index in [1.807, 2.05) is 29.6 Å². The molecule has 0 amide bonds. The molecular weight excluding hydrogens is 290 g/mol. The summed E-state index contributed by atoms with van der Waals surface area (Å²) in [5.74, 6) is 0.220. The van der Waals surface area contributed by atoms with E-state index in [1.165, 1.54) is 0 Å². The molecule has 0 aliphatic rings. The Morgan fingerprint density at radius 2 is 1.96 bits per heavy atom. The molecule has 0 saturated heterocycles. The van der Waals surface area contributed by atoms with Gasteiger partial charge in [-0.15, -0.1) is 4.99 Å². The van der Waals surface area contributed by atoms with Gasteiger partial charge in [0.25, 0.3) is 0 Å². The van der Waals surface area contributed by atoms with Crippen molar-refractivity contribution in [3.8, 4) is 6.19 Å². The number of rotatable bonds is 8. The lowest BCUT2D eigenvalue weighted by molar-refractivity contribution is 0.574. The van der Waals surface area contributed by atoms with Gasteiger partial charge in [-0.25, -0.2) is 4.98 Å². The monoisotopic (exact) mass is 311 g/mol. The molecule has 0 bridgehead atoms. The standard InChI is InChI=1S/C16H21N7/c17-13-21-16(18)23(15-5-7-19-8-6-15)11-4-2-1-3-10-22-12-9-20-14-22/h5-9,12,14H,1-4,10-11H2,(H2,18,21).